The Labute approximate surface area is 103 Å². The molecule has 1 aliphatic carbocycles. The highest BCUT2D eigenvalue weighted by Crippen LogP contribution is 2.31. The Morgan fingerprint density at radius 2 is 1.59 bits per heavy atom. The van der Waals surface area contributed by atoms with Gasteiger partial charge in [-0.25, -0.2) is 0 Å². The number of aliphatic hydroxyl groups is 2. The van der Waals surface area contributed by atoms with Gasteiger partial charge < -0.3 is 10.2 Å². The van der Waals surface area contributed by atoms with Gasteiger partial charge in [0, 0.05) is 6.42 Å². The summed E-state index contributed by atoms with van der Waals surface area (Å²) in [7, 11) is 0. The number of hydrogen-bond donors (Lipinski definition) is 2. The van der Waals surface area contributed by atoms with Gasteiger partial charge in [0.15, 0.2) is 0 Å². The van der Waals surface area contributed by atoms with Gasteiger partial charge in [-0.3, -0.25) is 0 Å². The van der Waals surface area contributed by atoms with Gasteiger partial charge in [0.25, 0.3) is 0 Å². The molecule has 2 N–H and O–H groups in total. The van der Waals surface area contributed by atoms with E-state index in [2.05, 4.69) is 0 Å². The van der Waals surface area contributed by atoms with Crippen molar-refractivity contribution < 1.29 is 10.2 Å². The van der Waals surface area contributed by atoms with Crippen LogP contribution in [-0.2, 0) is 6.42 Å². The molecule has 1 aromatic rings. The Morgan fingerprint density at radius 1 is 1.00 bits per heavy atom. The van der Waals surface area contributed by atoms with Gasteiger partial charge in [-0.1, -0.05) is 56.0 Å². The van der Waals surface area contributed by atoms with E-state index >= 15 is 0 Å². The van der Waals surface area contributed by atoms with E-state index in [9.17, 15) is 10.2 Å². The van der Waals surface area contributed by atoms with Gasteiger partial charge in [0.05, 0.1) is 11.7 Å². The molecule has 2 rings (SSSR count). The van der Waals surface area contributed by atoms with Crippen molar-refractivity contribution in [1.29, 1.82) is 0 Å². The summed E-state index contributed by atoms with van der Waals surface area (Å²) in [4.78, 5) is 0. The minimum atomic E-state index is -0.869. The molecular weight excluding hydrogens is 212 g/mol. The summed E-state index contributed by atoms with van der Waals surface area (Å²) in [6.45, 7) is 0. The molecule has 0 heterocycles. The summed E-state index contributed by atoms with van der Waals surface area (Å²) in [5.74, 6) is 0. The molecule has 2 nitrogen and oxygen atoms in total. The van der Waals surface area contributed by atoms with Gasteiger partial charge in [0.2, 0.25) is 0 Å². The molecule has 0 bridgehead atoms. The molecule has 0 aromatic heterocycles. The fraction of sp³-hybridized carbons (Fsp3) is 0.600. The second-order valence-corrected chi connectivity index (χ2v) is 5.22. The van der Waals surface area contributed by atoms with E-state index in [0.717, 1.165) is 31.2 Å². The maximum absolute atomic E-state index is 10.5. The van der Waals surface area contributed by atoms with Crippen LogP contribution in [-0.4, -0.2) is 21.9 Å². The quantitative estimate of drug-likeness (QED) is 0.789. The van der Waals surface area contributed by atoms with Crippen molar-refractivity contribution in [2.75, 3.05) is 0 Å². The van der Waals surface area contributed by atoms with Gasteiger partial charge in [-0.05, 0) is 18.4 Å². The molecule has 2 heteroatoms. The largest absolute Gasteiger partial charge is 0.390 e. The average molecular weight is 234 g/mol. The van der Waals surface area contributed by atoms with Crippen LogP contribution in [0.25, 0.3) is 0 Å². The summed E-state index contributed by atoms with van der Waals surface area (Å²) < 4.78 is 0. The molecule has 1 fully saturated rings. The zero-order valence-electron chi connectivity index (χ0n) is 10.3. The predicted octanol–water partition coefficient (Wildman–Crippen LogP) is 2.68. The summed E-state index contributed by atoms with van der Waals surface area (Å²) in [5, 5.41) is 20.8. The number of benzene rings is 1. The SMILES string of the molecule is OC(Cc1ccccc1)C1(O)CCCCCC1. The molecule has 0 amide bonds. The second-order valence-electron chi connectivity index (χ2n) is 5.22. The smallest absolute Gasteiger partial charge is 0.0908 e. The minimum Gasteiger partial charge on any atom is -0.390 e. The zero-order chi connectivity index (χ0) is 12.1. The van der Waals surface area contributed by atoms with Gasteiger partial charge in [-0.2, -0.15) is 0 Å². The molecule has 17 heavy (non-hydrogen) atoms. The molecule has 1 aromatic carbocycles. The van der Waals surface area contributed by atoms with E-state index in [4.69, 9.17) is 0 Å². The fourth-order valence-electron chi connectivity index (χ4n) is 2.70. The molecule has 1 atom stereocenters. The second kappa shape index (κ2) is 5.65. The molecular formula is C15H22O2. The van der Waals surface area contributed by atoms with Crippen molar-refractivity contribution in [2.24, 2.45) is 0 Å². The lowest BCUT2D eigenvalue weighted by Gasteiger charge is -2.32. The molecule has 94 valence electrons. The Hall–Kier alpha value is -0.860. The first-order valence-electron chi connectivity index (χ1n) is 6.65. The highest BCUT2D eigenvalue weighted by Gasteiger charge is 2.35. The van der Waals surface area contributed by atoms with E-state index in [0.29, 0.717) is 6.42 Å². The van der Waals surface area contributed by atoms with Crippen LogP contribution in [0.4, 0.5) is 0 Å². The molecule has 0 spiro atoms. The van der Waals surface area contributed by atoms with Crippen molar-refractivity contribution >= 4 is 0 Å². The summed E-state index contributed by atoms with van der Waals surface area (Å²) in [6, 6.07) is 9.92. The summed E-state index contributed by atoms with van der Waals surface area (Å²) in [6.07, 6.45) is 5.81. The number of rotatable bonds is 3. The lowest BCUT2D eigenvalue weighted by Crippen LogP contribution is -2.43. The van der Waals surface area contributed by atoms with Gasteiger partial charge >= 0.3 is 0 Å². The molecule has 0 radical (unpaired) electrons. The van der Waals surface area contributed by atoms with Gasteiger partial charge in [0.1, 0.15) is 0 Å². The minimum absolute atomic E-state index is 0.553. The van der Waals surface area contributed by atoms with Crippen LogP contribution in [0.5, 0.6) is 0 Å². The maximum atomic E-state index is 10.5. The topological polar surface area (TPSA) is 40.5 Å². The van der Waals surface area contributed by atoms with Crippen LogP contribution < -0.4 is 0 Å². The van der Waals surface area contributed by atoms with Crippen molar-refractivity contribution in [2.45, 2.75) is 56.7 Å². The molecule has 0 aliphatic heterocycles. The van der Waals surface area contributed by atoms with E-state index in [-0.39, 0.29) is 0 Å². The van der Waals surface area contributed by atoms with Gasteiger partial charge in [-0.15, -0.1) is 0 Å². The van der Waals surface area contributed by atoms with E-state index < -0.39 is 11.7 Å². The Kier molecular flexibility index (Phi) is 4.19. The van der Waals surface area contributed by atoms with E-state index in [1.807, 2.05) is 30.3 Å². The monoisotopic (exact) mass is 234 g/mol. The lowest BCUT2D eigenvalue weighted by atomic mass is 9.85. The highest BCUT2D eigenvalue weighted by atomic mass is 16.3. The third-order valence-electron chi connectivity index (χ3n) is 3.86. The third-order valence-corrected chi connectivity index (χ3v) is 3.86. The maximum Gasteiger partial charge on any atom is 0.0908 e. The lowest BCUT2D eigenvalue weighted by molar-refractivity contribution is -0.0836. The van der Waals surface area contributed by atoms with Crippen LogP contribution in [0.3, 0.4) is 0 Å². The fourth-order valence-corrected chi connectivity index (χ4v) is 2.70. The third kappa shape index (κ3) is 3.30. The Morgan fingerprint density at radius 3 is 2.18 bits per heavy atom. The highest BCUT2D eigenvalue weighted by molar-refractivity contribution is 5.16. The van der Waals surface area contributed by atoms with E-state index in [1.165, 1.54) is 12.8 Å². The number of aliphatic hydroxyl groups excluding tert-OH is 1. The Bertz CT molecular complexity index is 326. The molecule has 1 unspecified atom stereocenters. The first kappa shape index (κ1) is 12.6. The summed E-state index contributed by atoms with van der Waals surface area (Å²) in [5.41, 5.74) is 0.226. The molecule has 1 saturated carbocycles. The van der Waals surface area contributed by atoms with Crippen LogP contribution in [0.1, 0.15) is 44.1 Å². The molecule has 0 saturated heterocycles. The predicted molar refractivity (Wildman–Crippen MR) is 68.8 cm³/mol. The van der Waals surface area contributed by atoms with Crippen molar-refractivity contribution in [3.8, 4) is 0 Å². The van der Waals surface area contributed by atoms with Crippen molar-refractivity contribution in [1.82, 2.24) is 0 Å². The van der Waals surface area contributed by atoms with Crippen LogP contribution >= 0.6 is 0 Å². The first-order chi connectivity index (χ1) is 8.21. The van der Waals surface area contributed by atoms with Crippen LogP contribution in [0.15, 0.2) is 30.3 Å². The van der Waals surface area contributed by atoms with E-state index in [1.54, 1.807) is 0 Å². The van der Waals surface area contributed by atoms with Crippen LogP contribution in [0, 0.1) is 0 Å². The normalized spacial score (nSPS) is 21.8. The van der Waals surface area contributed by atoms with Crippen LogP contribution in [0.2, 0.25) is 0 Å². The molecule has 1 aliphatic rings. The average Bonchev–Trinajstić information content (AvgIpc) is 2.56. The number of hydrogen-bond acceptors (Lipinski definition) is 2. The first-order valence-corrected chi connectivity index (χ1v) is 6.65. The summed E-state index contributed by atoms with van der Waals surface area (Å²) >= 11 is 0. The standard InChI is InChI=1S/C15H22O2/c16-14(12-13-8-4-3-5-9-13)15(17)10-6-1-2-7-11-15/h3-5,8-9,14,16-17H,1-2,6-7,10-12H2. The Balaban J connectivity index is 2.00. The van der Waals surface area contributed by atoms with Crippen molar-refractivity contribution in [3.63, 3.8) is 0 Å². The zero-order valence-corrected chi connectivity index (χ0v) is 10.3. The van der Waals surface area contributed by atoms with Crippen molar-refractivity contribution in [3.05, 3.63) is 35.9 Å².